The van der Waals surface area contributed by atoms with Crippen LogP contribution in [0.3, 0.4) is 0 Å². The van der Waals surface area contributed by atoms with Gasteiger partial charge in [0.25, 0.3) is 0 Å². The summed E-state index contributed by atoms with van der Waals surface area (Å²) in [6.45, 7) is 0.833. The molecule has 0 aliphatic carbocycles. The second-order valence-electron chi connectivity index (χ2n) is 6.41. The fourth-order valence-electron chi connectivity index (χ4n) is 2.93. The molecule has 8 heteroatoms. The zero-order valence-electron chi connectivity index (χ0n) is 14.8. The molecule has 1 atom stereocenters. The van der Waals surface area contributed by atoms with Crippen LogP contribution < -0.4 is 14.8 Å². The van der Waals surface area contributed by atoms with Crippen LogP contribution in [-0.2, 0) is 17.8 Å². The molecular weight excluding hydrogens is 368 g/mol. The Balaban J connectivity index is 1.34. The van der Waals surface area contributed by atoms with Crippen molar-refractivity contribution in [2.24, 2.45) is 0 Å². The van der Waals surface area contributed by atoms with Gasteiger partial charge in [-0.05, 0) is 23.8 Å². The number of rotatable bonds is 5. The van der Waals surface area contributed by atoms with Crippen molar-refractivity contribution in [3.63, 3.8) is 0 Å². The van der Waals surface area contributed by atoms with Gasteiger partial charge in [-0.25, -0.2) is 8.78 Å². The van der Waals surface area contributed by atoms with Crippen LogP contribution in [0.4, 0.5) is 14.5 Å². The van der Waals surface area contributed by atoms with Crippen LogP contribution in [0.2, 0.25) is 0 Å². The predicted octanol–water partition coefficient (Wildman–Crippen LogP) is 3.18. The fourth-order valence-corrected chi connectivity index (χ4v) is 2.93. The van der Waals surface area contributed by atoms with Gasteiger partial charge in [0.1, 0.15) is 18.2 Å². The van der Waals surface area contributed by atoms with Crippen molar-refractivity contribution < 1.29 is 23.0 Å². The molecular formula is C20H17F2N3O3. The minimum atomic E-state index is -0.749. The highest BCUT2D eigenvalue weighted by molar-refractivity contribution is 5.92. The van der Waals surface area contributed by atoms with Crippen LogP contribution in [0.25, 0.3) is 0 Å². The first-order chi connectivity index (χ1) is 13.6. The largest absolute Gasteiger partial charge is 0.486 e. The molecule has 2 aromatic carbocycles. The van der Waals surface area contributed by atoms with Gasteiger partial charge in [-0.2, -0.15) is 5.10 Å². The molecule has 144 valence electrons. The maximum atomic E-state index is 13.7. The number of nitrogens with one attached hydrogen (secondary N) is 1. The maximum absolute atomic E-state index is 13.7. The smallest absolute Gasteiger partial charge is 0.228 e. The van der Waals surface area contributed by atoms with Crippen molar-refractivity contribution in [2.75, 3.05) is 11.9 Å². The Labute approximate surface area is 159 Å². The quantitative estimate of drug-likeness (QED) is 0.733. The van der Waals surface area contributed by atoms with E-state index in [1.54, 1.807) is 10.9 Å². The highest BCUT2D eigenvalue weighted by Crippen LogP contribution is 2.31. The Morgan fingerprint density at radius 2 is 2.04 bits per heavy atom. The summed E-state index contributed by atoms with van der Waals surface area (Å²) in [6.07, 6.45) is 2.74. The van der Waals surface area contributed by atoms with Gasteiger partial charge in [0.15, 0.2) is 17.6 Å². The molecule has 1 N–H and O–H groups in total. The maximum Gasteiger partial charge on any atom is 0.228 e. The van der Waals surface area contributed by atoms with Crippen LogP contribution in [0.15, 0.2) is 54.9 Å². The molecule has 0 saturated heterocycles. The number of aromatic nitrogens is 2. The number of fused-ring (bicyclic) bond motifs is 1. The van der Waals surface area contributed by atoms with Crippen LogP contribution >= 0.6 is 0 Å². The molecule has 0 saturated carbocycles. The lowest BCUT2D eigenvalue weighted by molar-refractivity contribution is -0.115. The number of carbonyl (C=O) groups excluding carboxylic acids is 1. The van der Waals surface area contributed by atoms with Crippen molar-refractivity contribution in [1.82, 2.24) is 9.78 Å². The zero-order chi connectivity index (χ0) is 19.5. The third-order valence-corrected chi connectivity index (χ3v) is 4.24. The molecule has 1 aliphatic rings. The average Bonchev–Trinajstić information content (AvgIpc) is 3.10. The molecule has 1 unspecified atom stereocenters. The molecule has 0 fully saturated rings. The molecule has 2 heterocycles. The molecule has 3 aromatic rings. The monoisotopic (exact) mass is 385 g/mol. The van der Waals surface area contributed by atoms with E-state index in [1.165, 1.54) is 12.3 Å². The van der Waals surface area contributed by atoms with Crippen molar-refractivity contribution in [1.29, 1.82) is 0 Å². The van der Waals surface area contributed by atoms with E-state index in [2.05, 4.69) is 10.4 Å². The number of nitrogens with zero attached hydrogens (tertiary/aromatic N) is 2. The highest BCUT2D eigenvalue weighted by atomic mass is 19.1. The van der Waals surface area contributed by atoms with Crippen LogP contribution in [0.1, 0.15) is 5.56 Å². The van der Waals surface area contributed by atoms with Crippen LogP contribution in [0.5, 0.6) is 11.5 Å². The summed E-state index contributed by atoms with van der Waals surface area (Å²) in [6, 6.07) is 10.6. The number of hydrogen-bond acceptors (Lipinski definition) is 4. The number of hydrogen-bond donors (Lipinski definition) is 1. The fraction of sp³-hybridized carbons (Fsp3) is 0.200. The number of ether oxygens (including phenoxy) is 2. The minimum absolute atomic E-state index is 0.123. The van der Waals surface area contributed by atoms with E-state index in [1.807, 2.05) is 24.3 Å². The number of carbonyl (C=O) groups is 1. The SMILES string of the molecule is O=C(Cc1ccc(F)cc1F)Nc1cnn(CC2COc3ccccc3O2)c1. The summed E-state index contributed by atoms with van der Waals surface area (Å²) >= 11 is 0. The van der Waals surface area contributed by atoms with E-state index in [0.717, 1.165) is 12.1 Å². The van der Waals surface area contributed by atoms with Crippen molar-refractivity contribution in [3.8, 4) is 11.5 Å². The Hall–Kier alpha value is -3.42. The number of anilines is 1. The van der Waals surface area contributed by atoms with Gasteiger partial charge in [-0.3, -0.25) is 9.48 Å². The summed E-state index contributed by atoms with van der Waals surface area (Å²) in [4.78, 5) is 12.1. The van der Waals surface area contributed by atoms with E-state index >= 15 is 0 Å². The summed E-state index contributed by atoms with van der Waals surface area (Å²) in [7, 11) is 0. The Morgan fingerprint density at radius 1 is 1.21 bits per heavy atom. The Morgan fingerprint density at radius 3 is 2.86 bits per heavy atom. The average molecular weight is 385 g/mol. The van der Waals surface area contributed by atoms with Gasteiger partial charge in [0, 0.05) is 12.3 Å². The Bertz CT molecular complexity index is 1010. The van der Waals surface area contributed by atoms with Gasteiger partial charge in [-0.15, -0.1) is 0 Å². The van der Waals surface area contributed by atoms with Gasteiger partial charge in [-0.1, -0.05) is 18.2 Å². The third kappa shape index (κ3) is 4.11. The minimum Gasteiger partial charge on any atom is -0.486 e. The lowest BCUT2D eigenvalue weighted by atomic mass is 10.1. The van der Waals surface area contributed by atoms with Crippen LogP contribution in [-0.4, -0.2) is 28.4 Å². The number of amides is 1. The lowest BCUT2D eigenvalue weighted by Gasteiger charge is -2.26. The third-order valence-electron chi connectivity index (χ3n) is 4.24. The van der Waals surface area contributed by atoms with Gasteiger partial charge in [0.05, 0.1) is 24.8 Å². The van der Waals surface area contributed by atoms with E-state index in [0.29, 0.717) is 30.3 Å². The van der Waals surface area contributed by atoms with Gasteiger partial charge in [0.2, 0.25) is 5.91 Å². The van der Waals surface area contributed by atoms with Crippen LogP contribution in [0, 0.1) is 11.6 Å². The molecule has 0 bridgehead atoms. The molecule has 4 rings (SSSR count). The number of halogens is 2. The summed E-state index contributed by atoms with van der Waals surface area (Å²) < 4.78 is 39.8. The van der Waals surface area contributed by atoms with E-state index < -0.39 is 17.5 Å². The second-order valence-corrected chi connectivity index (χ2v) is 6.41. The predicted molar refractivity (Wildman–Crippen MR) is 97.3 cm³/mol. The molecule has 1 aromatic heterocycles. The number of benzene rings is 2. The summed E-state index contributed by atoms with van der Waals surface area (Å²) in [5.74, 6) is -0.461. The van der Waals surface area contributed by atoms with Gasteiger partial charge >= 0.3 is 0 Å². The molecule has 0 spiro atoms. The lowest BCUT2D eigenvalue weighted by Crippen LogP contribution is -2.33. The van der Waals surface area contributed by atoms with Gasteiger partial charge < -0.3 is 14.8 Å². The van der Waals surface area contributed by atoms with Crippen molar-refractivity contribution in [2.45, 2.75) is 19.1 Å². The van der Waals surface area contributed by atoms with E-state index in [-0.39, 0.29) is 18.1 Å². The zero-order valence-corrected chi connectivity index (χ0v) is 14.8. The first-order valence-corrected chi connectivity index (χ1v) is 8.71. The second kappa shape index (κ2) is 7.67. The van der Waals surface area contributed by atoms with E-state index in [4.69, 9.17) is 9.47 Å². The number of para-hydroxylation sites is 2. The molecule has 28 heavy (non-hydrogen) atoms. The van der Waals surface area contributed by atoms with E-state index in [9.17, 15) is 13.6 Å². The molecule has 1 amide bonds. The summed E-state index contributed by atoms with van der Waals surface area (Å²) in [5, 5.41) is 6.85. The van der Waals surface area contributed by atoms with Crippen molar-refractivity contribution >= 4 is 11.6 Å². The molecule has 0 radical (unpaired) electrons. The highest BCUT2D eigenvalue weighted by Gasteiger charge is 2.21. The Kier molecular flexibility index (Phi) is 4.92. The normalized spacial score (nSPS) is 15.3. The topological polar surface area (TPSA) is 65.4 Å². The first kappa shape index (κ1) is 18.0. The molecule has 1 aliphatic heterocycles. The first-order valence-electron chi connectivity index (χ1n) is 8.71. The summed E-state index contributed by atoms with van der Waals surface area (Å²) in [5.41, 5.74) is 0.599. The standard InChI is InChI=1S/C20H17F2N3O3/c21-14-6-5-13(17(22)8-14)7-20(26)24-15-9-23-25(10-15)11-16-12-27-18-3-1-2-4-19(18)28-16/h1-6,8-10,16H,7,11-12H2,(H,24,26). The molecule has 6 nitrogen and oxygen atoms in total. The van der Waals surface area contributed by atoms with Crippen molar-refractivity contribution in [3.05, 3.63) is 72.1 Å².